The Morgan fingerprint density at radius 3 is 2.54 bits per heavy atom. The van der Waals surface area contributed by atoms with Crippen LogP contribution in [0.5, 0.6) is 0 Å². The Morgan fingerprint density at radius 1 is 1.33 bits per heavy atom. The van der Waals surface area contributed by atoms with Crippen molar-refractivity contribution in [3.8, 4) is 0 Å². The number of hydrogen-bond donors (Lipinski definition) is 1. The van der Waals surface area contributed by atoms with E-state index in [-0.39, 0.29) is 22.9 Å². The van der Waals surface area contributed by atoms with Gasteiger partial charge in [-0.05, 0) is 61.1 Å². The van der Waals surface area contributed by atoms with Gasteiger partial charge in [-0.1, -0.05) is 11.2 Å². The number of aromatic nitrogens is 1. The highest BCUT2D eigenvalue weighted by Crippen LogP contribution is 2.22. The summed E-state index contributed by atoms with van der Waals surface area (Å²) in [6.45, 7) is 4.73. The van der Waals surface area contributed by atoms with Crippen LogP contribution in [0.25, 0.3) is 0 Å². The largest absolute Gasteiger partial charge is 0.360 e. The summed E-state index contributed by atoms with van der Waals surface area (Å²) in [5.74, 6) is -0.222. The molecular formula is C15H18IN3O4S. The normalized spacial score (nSPS) is 11.8. The van der Waals surface area contributed by atoms with Crippen LogP contribution in [0.15, 0.2) is 27.6 Å². The second-order valence-electron chi connectivity index (χ2n) is 5.43. The van der Waals surface area contributed by atoms with Crippen molar-refractivity contribution in [1.29, 1.82) is 0 Å². The molecule has 1 amide bonds. The zero-order chi connectivity index (χ0) is 18.1. The van der Waals surface area contributed by atoms with E-state index in [1.807, 2.05) is 19.1 Å². The number of amides is 1. The molecule has 0 aliphatic carbocycles. The number of hydrogen-bond acceptors (Lipinski definition) is 5. The predicted octanol–water partition coefficient (Wildman–Crippen LogP) is 2.46. The summed E-state index contributed by atoms with van der Waals surface area (Å²) in [5.41, 5.74) is 2.00. The summed E-state index contributed by atoms with van der Waals surface area (Å²) in [7, 11) is -2.50. The van der Waals surface area contributed by atoms with E-state index in [1.54, 1.807) is 13.0 Å². The Morgan fingerprint density at radius 2 is 2.00 bits per heavy atom. The fourth-order valence-electron chi connectivity index (χ4n) is 2.16. The Kier molecular flexibility index (Phi) is 5.66. The standard InChI is InChI=1S/C15H18IN3O4S/c1-9-5-6-12(7-13(9)16)17-14(20)8-19(4)24(21,22)15-10(2)18-23-11(15)3/h5-7H,8H2,1-4H3,(H,17,20). The quantitative estimate of drug-likeness (QED) is 0.688. The van der Waals surface area contributed by atoms with E-state index in [0.29, 0.717) is 5.69 Å². The van der Waals surface area contributed by atoms with E-state index < -0.39 is 15.9 Å². The third-order valence-corrected chi connectivity index (χ3v) is 6.67. The summed E-state index contributed by atoms with van der Waals surface area (Å²) in [5, 5.41) is 6.35. The molecule has 24 heavy (non-hydrogen) atoms. The van der Waals surface area contributed by atoms with Crippen LogP contribution in [0, 0.1) is 24.3 Å². The Hall–Kier alpha value is -1.46. The van der Waals surface area contributed by atoms with Crippen LogP contribution in [0.1, 0.15) is 17.0 Å². The fourth-order valence-corrected chi connectivity index (χ4v) is 4.08. The molecule has 1 aromatic heterocycles. The molecule has 9 heteroatoms. The lowest BCUT2D eigenvalue weighted by Gasteiger charge is -2.16. The molecule has 0 aliphatic heterocycles. The van der Waals surface area contributed by atoms with Gasteiger partial charge in [-0.25, -0.2) is 8.42 Å². The average Bonchev–Trinajstić information content (AvgIpc) is 2.82. The molecule has 0 bridgehead atoms. The van der Waals surface area contributed by atoms with Crippen LogP contribution in [0.2, 0.25) is 0 Å². The van der Waals surface area contributed by atoms with Gasteiger partial charge in [-0.15, -0.1) is 0 Å². The second kappa shape index (κ2) is 7.19. The first-order chi connectivity index (χ1) is 11.1. The van der Waals surface area contributed by atoms with Crippen molar-refractivity contribution in [2.75, 3.05) is 18.9 Å². The van der Waals surface area contributed by atoms with Gasteiger partial charge in [0.15, 0.2) is 5.76 Å². The smallest absolute Gasteiger partial charge is 0.248 e. The molecule has 0 unspecified atom stereocenters. The number of anilines is 1. The molecular weight excluding hydrogens is 445 g/mol. The third kappa shape index (κ3) is 3.95. The highest BCUT2D eigenvalue weighted by Gasteiger charge is 2.29. The van der Waals surface area contributed by atoms with Gasteiger partial charge < -0.3 is 9.84 Å². The number of nitrogens with one attached hydrogen (secondary N) is 1. The van der Waals surface area contributed by atoms with Crippen molar-refractivity contribution < 1.29 is 17.7 Å². The summed E-state index contributed by atoms with van der Waals surface area (Å²) >= 11 is 2.17. The minimum Gasteiger partial charge on any atom is -0.360 e. The van der Waals surface area contributed by atoms with E-state index in [2.05, 4.69) is 33.1 Å². The Balaban J connectivity index is 2.12. The molecule has 0 aliphatic rings. The Labute approximate surface area is 154 Å². The predicted molar refractivity (Wildman–Crippen MR) is 98.3 cm³/mol. The molecule has 0 saturated heterocycles. The monoisotopic (exact) mass is 463 g/mol. The van der Waals surface area contributed by atoms with Crippen LogP contribution in [0.4, 0.5) is 5.69 Å². The molecule has 0 spiro atoms. The van der Waals surface area contributed by atoms with E-state index in [4.69, 9.17) is 4.52 Å². The molecule has 130 valence electrons. The highest BCUT2D eigenvalue weighted by molar-refractivity contribution is 14.1. The maximum absolute atomic E-state index is 12.6. The minimum atomic E-state index is -3.84. The molecule has 1 heterocycles. The lowest BCUT2D eigenvalue weighted by molar-refractivity contribution is -0.116. The number of carbonyl (C=O) groups excluding carboxylic acids is 1. The van der Waals surface area contributed by atoms with Crippen LogP contribution in [-0.2, 0) is 14.8 Å². The fraction of sp³-hybridized carbons (Fsp3) is 0.333. The number of nitrogens with zero attached hydrogens (tertiary/aromatic N) is 2. The maximum Gasteiger partial charge on any atom is 0.248 e. The molecule has 2 rings (SSSR count). The van der Waals surface area contributed by atoms with Gasteiger partial charge >= 0.3 is 0 Å². The molecule has 2 aromatic rings. The van der Waals surface area contributed by atoms with Crippen LogP contribution in [-0.4, -0.2) is 37.4 Å². The number of aryl methyl sites for hydroxylation is 3. The van der Waals surface area contributed by atoms with Gasteiger partial charge in [0, 0.05) is 16.3 Å². The number of rotatable bonds is 5. The first-order valence-electron chi connectivity index (χ1n) is 7.08. The van der Waals surface area contributed by atoms with Gasteiger partial charge in [-0.3, -0.25) is 4.79 Å². The second-order valence-corrected chi connectivity index (χ2v) is 8.57. The van der Waals surface area contributed by atoms with Crippen molar-refractivity contribution in [1.82, 2.24) is 9.46 Å². The number of carbonyl (C=O) groups is 1. The van der Waals surface area contributed by atoms with Gasteiger partial charge in [-0.2, -0.15) is 4.31 Å². The van der Waals surface area contributed by atoms with Crippen molar-refractivity contribution in [3.63, 3.8) is 0 Å². The summed E-state index contributed by atoms with van der Waals surface area (Å²) < 4.78 is 32.0. The first kappa shape index (κ1) is 18.9. The summed E-state index contributed by atoms with van der Waals surface area (Å²) in [4.78, 5) is 12.1. The van der Waals surface area contributed by atoms with Gasteiger partial charge in [0.1, 0.15) is 10.6 Å². The van der Waals surface area contributed by atoms with Crippen molar-refractivity contribution >= 4 is 44.2 Å². The molecule has 7 nitrogen and oxygen atoms in total. The zero-order valence-electron chi connectivity index (χ0n) is 13.8. The van der Waals surface area contributed by atoms with Crippen LogP contribution >= 0.6 is 22.6 Å². The average molecular weight is 463 g/mol. The third-order valence-electron chi connectivity index (χ3n) is 3.46. The molecule has 0 atom stereocenters. The first-order valence-corrected chi connectivity index (χ1v) is 9.60. The van der Waals surface area contributed by atoms with Crippen molar-refractivity contribution in [3.05, 3.63) is 38.8 Å². The van der Waals surface area contributed by atoms with Crippen LogP contribution < -0.4 is 5.32 Å². The van der Waals surface area contributed by atoms with Gasteiger partial charge in [0.2, 0.25) is 15.9 Å². The lowest BCUT2D eigenvalue weighted by Crippen LogP contribution is -2.35. The highest BCUT2D eigenvalue weighted by atomic mass is 127. The lowest BCUT2D eigenvalue weighted by atomic mass is 10.2. The van der Waals surface area contributed by atoms with Gasteiger partial charge in [0.05, 0.1) is 6.54 Å². The number of benzene rings is 1. The van der Waals surface area contributed by atoms with E-state index >= 15 is 0 Å². The topological polar surface area (TPSA) is 92.5 Å². The van der Waals surface area contributed by atoms with E-state index in [1.165, 1.54) is 14.0 Å². The molecule has 1 N–H and O–H groups in total. The molecule has 0 fully saturated rings. The SMILES string of the molecule is Cc1ccc(NC(=O)CN(C)S(=O)(=O)c2c(C)noc2C)cc1I. The summed E-state index contributed by atoms with van der Waals surface area (Å²) in [6, 6.07) is 5.50. The van der Waals surface area contributed by atoms with E-state index in [0.717, 1.165) is 13.4 Å². The summed E-state index contributed by atoms with van der Waals surface area (Å²) in [6.07, 6.45) is 0. The van der Waals surface area contributed by atoms with E-state index in [9.17, 15) is 13.2 Å². The maximum atomic E-state index is 12.6. The molecule has 0 radical (unpaired) electrons. The van der Waals surface area contributed by atoms with Crippen molar-refractivity contribution in [2.45, 2.75) is 25.7 Å². The number of likely N-dealkylation sites (N-methyl/N-ethyl adjacent to an activating group) is 1. The number of sulfonamides is 1. The minimum absolute atomic E-state index is 0.00249. The van der Waals surface area contributed by atoms with Crippen LogP contribution in [0.3, 0.4) is 0 Å². The molecule has 0 saturated carbocycles. The Bertz CT molecular complexity index is 857. The number of halogens is 1. The molecule has 1 aromatic carbocycles. The zero-order valence-corrected chi connectivity index (χ0v) is 16.7. The van der Waals surface area contributed by atoms with Crippen molar-refractivity contribution in [2.24, 2.45) is 0 Å². The van der Waals surface area contributed by atoms with Gasteiger partial charge in [0.25, 0.3) is 0 Å².